The van der Waals surface area contributed by atoms with Gasteiger partial charge < -0.3 is 10.2 Å². The van der Waals surface area contributed by atoms with Crippen LogP contribution in [0.1, 0.15) is 5.56 Å². The second-order valence-corrected chi connectivity index (χ2v) is 4.30. The van der Waals surface area contributed by atoms with Crippen molar-refractivity contribution in [2.75, 3.05) is 12.4 Å². The Labute approximate surface area is 120 Å². The van der Waals surface area contributed by atoms with Crippen LogP contribution >= 0.6 is 0 Å². The van der Waals surface area contributed by atoms with Gasteiger partial charge in [0.15, 0.2) is 0 Å². The van der Waals surface area contributed by atoms with Gasteiger partial charge in [0.25, 0.3) is 0 Å². The molecule has 0 aliphatic carbocycles. The first-order valence-electron chi connectivity index (χ1n) is 6.07. The first-order chi connectivity index (χ1) is 10.1. The van der Waals surface area contributed by atoms with Gasteiger partial charge in [-0.2, -0.15) is 0 Å². The van der Waals surface area contributed by atoms with E-state index in [1.54, 1.807) is 25.5 Å². The van der Waals surface area contributed by atoms with Gasteiger partial charge in [0.1, 0.15) is 11.9 Å². The summed E-state index contributed by atoms with van der Waals surface area (Å²) in [6, 6.07) is 4.54. The van der Waals surface area contributed by atoms with Crippen molar-refractivity contribution in [3.8, 4) is 0 Å². The van der Waals surface area contributed by atoms with Gasteiger partial charge in [-0.3, -0.25) is 20.1 Å². The van der Waals surface area contributed by atoms with Crippen LogP contribution in [0.3, 0.4) is 0 Å². The van der Waals surface area contributed by atoms with Crippen molar-refractivity contribution in [3.63, 3.8) is 0 Å². The molecule has 21 heavy (non-hydrogen) atoms. The molecule has 0 saturated heterocycles. The van der Waals surface area contributed by atoms with Crippen LogP contribution in [-0.2, 0) is 6.54 Å². The van der Waals surface area contributed by atoms with E-state index < -0.39 is 11.0 Å². The van der Waals surface area contributed by atoms with Gasteiger partial charge in [-0.15, -0.1) is 0 Å². The Morgan fingerprint density at radius 2 is 2.10 bits per heavy atom. The molecular weight excluding hydrogens is 274 g/mol. The highest BCUT2D eigenvalue weighted by Crippen LogP contribution is 2.22. The molecule has 0 unspecified atom stereocenters. The summed E-state index contributed by atoms with van der Waals surface area (Å²) in [7, 11) is 1.59. The highest BCUT2D eigenvalue weighted by atomic mass is 16.6. The third kappa shape index (κ3) is 3.72. The molecule has 2 heterocycles. The number of amides is 2. The zero-order chi connectivity index (χ0) is 15.2. The normalized spacial score (nSPS) is 9.95. The standard InChI is InChI=1S/C13H13N5O3/c1-17(9-10-3-2-5-14-7-10)13(19)16-11-4-6-15-8-12(11)18(20)21/h2-8H,9H2,1H3,(H,15,16,19). The van der Waals surface area contributed by atoms with Crippen LogP contribution in [0.4, 0.5) is 16.2 Å². The summed E-state index contributed by atoms with van der Waals surface area (Å²) < 4.78 is 0. The predicted octanol–water partition coefficient (Wildman–Crippen LogP) is 2.05. The number of nitrogens with zero attached hydrogens (tertiary/aromatic N) is 4. The molecule has 0 atom stereocenters. The minimum atomic E-state index is -0.594. The number of aromatic nitrogens is 2. The zero-order valence-corrected chi connectivity index (χ0v) is 11.3. The molecule has 8 nitrogen and oxygen atoms in total. The fourth-order valence-corrected chi connectivity index (χ4v) is 1.69. The van der Waals surface area contributed by atoms with E-state index in [0.717, 1.165) is 11.8 Å². The summed E-state index contributed by atoms with van der Waals surface area (Å²) >= 11 is 0. The fraction of sp³-hybridized carbons (Fsp3) is 0.154. The topological polar surface area (TPSA) is 101 Å². The Morgan fingerprint density at radius 3 is 2.76 bits per heavy atom. The molecule has 2 aromatic rings. The van der Waals surface area contributed by atoms with E-state index in [2.05, 4.69) is 15.3 Å². The molecule has 1 N–H and O–H groups in total. The molecular formula is C13H13N5O3. The second-order valence-electron chi connectivity index (χ2n) is 4.30. The maximum Gasteiger partial charge on any atom is 0.322 e. The third-order valence-electron chi connectivity index (χ3n) is 2.73. The molecule has 2 amide bonds. The monoisotopic (exact) mass is 287 g/mol. The van der Waals surface area contributed by atoms with Gasteiger partial charge in [0, 0.05) is 32.2 Å². The van der Waals surface area contributed by atoms with Crippen LogP contribution in [0.25, 0.3) is 0 Å². The number of anilines is 1. The smallest absolute Gasteiger partial charge is 0.322 e. The van der Waals surface area contributed by atoms with E-state index >= 15 is 0 Å². The van der Waals surface area contributed by atoms with E-state index in [9.17, 15) is 14.9 Å². The summed E-state index contributed by atoms with van der Waals surface area (Å²) in [4.78, 5) is 31.3. The summed E-state index contributed by atoms with van der Waals surface area (Å²) in [5.41, 5.74) is 0.720. The Bertz CT molecular complexity index is 647. The van der Waals surface area contributed by atoms with Gasteiger partial charge in [-0.05, 0) is 17.7 Å². The van der Waals surface area contributed by atoms with E-state index in [-0.39, 0.29) is 11.4 Å². The Kier molecular flexibility index (Phi) is 4.39. The molecule has 0 aliphatic rings. The van der Waals surface area contributed by atoms with Crippen molar-refractivity contribution in [3.05, 3.63) is 58.7 Å². The summed E-state index contributed by atoms with van der Waals surface area (Å²) in [6.45, 7) is 0.346. The lowest BCUT2D eigenvalue weighted by atomic mass is 10.3. The van der Waals surface area contributed by atoms with E-state index in [0.29, 0.717) is 6.54 Å². The number of hydrogen-bond donors (Lipinski definition) is 1. The summed E-state index contributed by atoms with van der Waals surface area (Å²) in [5.74, 6) is 0. The molecule has 0 aromatic carbocycles. The van der Waals surface area contributed by atoms with Crippen LogP contribution in [-0.4, -0.2) is 32.9 Å². The zero-order valence-electron chi connectivity index (χ0n) is 11.3. The van der Waals surface area contributed by atoms with Crippen molar-refractivity contribution in [2.24, 2.45) is 0 Å². The number of carbonyl (C=O) groups excluding carboxylic acids is 1. The van der Waals surface area contributed by atoms with Crippen LogP contribution in [0, 0.1) is 10.1 Å². The number of pyridine rings is 2. The van der Waals surface area contributed by atoms with E-state index in [4.69, 9.17) is 0 Å². The number of urea groups is 1. The van der Waals surface area contributed by atoms with Gasteiger partial charge >= 0.3 is 11.7 Å². The largest absolute Gasteiger partial charge is 0.323 e. The van der Waals surface area contributed by atoms with Crippen molar-refractivity contribution < 1.29 is 9.72 Å². The van der Waals surface area contributed by atoms with E-state index in [1.807, 2.05) is 6.07 Å². The van der Waals surface area contributed by atoms with Gasteiger partial charge in [0.2, 0.25) is 0 Å². The van der Waals surface area contributed by atoms with Crippen LogP contribution in [0.2, 0.25) is 0 Å². The van der Waals surface area contributed by atoms with Crippen molar-refractivity contribution in [1.29, 1.82) is 0 Å². The maximum absolute atomic E-state index is 12.0. The molecule has 108 valence electrons. The Balaban J connectivity index is 2.06. The quantitative estimate of drug-likeness (QED) is 0.685. The number of nitro groups is 1. The molecule has 2 aromatic heterocycles. The molecule has 0 fully saturated rings. The lowest BCUT2D eigenvalue weighted by Crippen LogP contribution is -2.31. The maximum atomic E-state index is 12.0. The van der Waals surface area contributed by atoms with E-state index in [1.165, 1.54) is 17.2 Å². The first kappa shape index (κ1) is 14.4. The first-order valence-corrected chi connectivity index (χ1v) is 6.07. The minimum Gasteiger partial charge on any atom is -0.323 e. The van der Waals surface area contributed by atoms with Crippen LogP contribution in [0.5, 0.6) is 0 Å². The SMILES string of the molecule is CN(Cc1cccnc1)C(=O)Nc1ccncc1[N+](=O)[O-]. The van der Waals surface area contributed by atoms with Gasteiger partial charge in [0.05, 0.1) is 4.92 Å². The fourth-order valence-electron chi connectivity index (χ4n) is 1.69. The number of carbonyl (C=O) groups is 1. The number of rotatable bonds is 4. The Hall–Kier alpha value is -3.03. The molecule has 0 spiro atoms. The molecule has 0 aliphatic heterocycles. The summed E-state index contributed by atoms with van der Waals surface area (Å²) in [5, 5.41) is 13.4. The second kappa shape index (κ2) is 6.42. The predicted molar refractivity (Wildman–Crippen MR) is 75.6 cm³/mol. The van der Waals surface area contributed by atoms with Gasteiger partial charge in [-0.25, -0.2) is 4.79 Å². The Morgan fingerprint density at radius 1 is 1.33 bits per heavy atom. The van der Waals surface area contributed by atoms with Crippen molar-refractivity contribution in [2.45, 2.75) is 6.54 Å². The molecule has 8 heteroatoms. The average molecular weight is 287 g/mol. The summed E-state index contributed by atoms with van der Waals surface area (Å²) in [6.07, 6.45) is 5.77. The highest BCUT2D eigenvalue weighted by molar-refractivity contribution is 5.91. The minimum absolute atomic E-state index is 0.109. The van der Waals surface area contributed by atoms with Crippen LogP contribution in [0.15, 0.2) is 43.0 Å². The van der Waals surface area contributed by atoms with Crippen molar-refractivity contribution >= 4 is 17.4 Å². The molecule has 0 saturated carbocycles. The number of nitrogens with one attached hydrogen (secondary N) is 1. The lowest BCUT2D eigenvalue weighted by molar-refractivity contribution is -0.384. The highest BCUT2D eigenvalue weighted by Gasteiger charge is 2.17. The van der Waals surface area contributed by atoms with Crippen molar-refractivity contribution in [1.82, 2.24) is 14.9 Å². The number of hydrogen-bond acceptors (Lipinski definition) is 5. The molecule has 0 bridgehead atoms. The molecule has 2 rings (SSSR count). The van der Waals surface area contributed by atoms with Gasteiger partial charge in [-0.1, -0.05) is 6.07 Å². The third-order valence-corrected chi connectivity index (χ3v) is 2.73. The lowest BCUT2D eigenvalue weighted by Gasteiger charge is -2.17. The average Bonchev–Trinajstić information content (AvgIpc) is 2.48. The van der Waals surface area contributed by atoms with Crippen LogP contribution < -0.4 is 5.32 Å². The molecule has 0 radical (unpaired) electrons.